The molecule has 0 aliphatic heterocycles. The summed E-state index contributed by atoms with van der Waals surface area (Å²) < 4.78 is 1.19. The van der Waals surface area contributed by atoms with Crippen molar-refractivity contribution in [2.24, 2.45) is 5.92 Å². The highest BCUT2D eigenvalue weighted by Gasteiger charge is 2.23. The highest BCUT2D eigenvalue weighted by atomic mass is 79.9. The molecule has 0 heterocycles. The molecule has 0 radical (unpaired) electrons. The first-order valence-corrected chi connectivity index (χ1v) is 8.82. The number of hydrogen-bond donors (Lipinski definition) is 1. The first-order chi connectivity index (χ1) is 9.76. The zero-order chi connectivity index (χ0) is 13.9. The molecule has 0 atom stereocenters. The summed E-state index contributed by atoms with van der Waals surface area (Å²) in [6.07, 6.45) is 6.97. The van der Waals surface area contributed by atoms with Gasteiger partial charge >= 0.3 is 0 Å². The normalized spacial score (nSPS) is 18.9. The van der Waals surface area contributed by atoms with Crippen LogP contribution in [-0.4, -0.2) is 19.1 Å². The predicted molar refractivity (Wildman–Crippen MR) is 89.2 cm³/mol. The highest BCUT2D eigenvalue weighted by Crippen LogP contribution is 2.32. The zero-order valence-corrected chi connectivity index (χ0v) is 14.0. The SMILES string of the molecule is CCN(CC1CCC1)c1cc(Br)ccc1CNC1CC1. The van der Waals surface area contributed by atoms with Crippen LogP contribution >= 0.6 is 15.9 Å². The fraction of sp³-hybridized carbons (Fsp3) is 0.647. The maximum absolute atomic E-state index is 3.65. The molecule has 0 aromatic heterocycles. The van der Waals surface area contributed by atoms with Crippen molar-refractivity contribution < 1.29 is 0 Å². The molecule has 3 rings (SSSR count). The van der Waals surface area contributed by atoms with Crippen molar-refractivity contribution in [3.63, 3.8) is 0 Å². The van der Waals surface area contributed by atoms with Crippen LogP contribution < -0.4 is 10.2 Å². The average Bonchev–Trinajstić information content (AvgIpc) is 3.20. The van der Waals surface area contributed by atoms with Crippen LogP contribution in [0.3, 0.4) is 0 Å². The average molecular weight is 337 g/mol. The second kappa shape index (κ2) is 6.48. The predicted octanol–water partition coefficient (Wildman–Crippen LogP) is 4.33. The summed E-state index contributed by atoms with van der Waals surface area (Å²) in [5.74, 6) is 0.915. The Morgan fingerprint density at radius 2 is 2.05 bits per heavy atom. The standard InChI is InChI=1S/C17H25BrN2/c1-2-20(12-13-4-3-5-13)17-10-15(18)7-6-14(17)11-19-16-8-9-16/h6-7,10,13,16,19H,2-5,8-9,11-12H2,1H3. The molecule has 0 amide bonds. The van der Waals surface area contributed by atoms with Gasteiger partial charge in [-0.25, -0.2) is 0 Å². The van der Waals surface area contributed by atoms with Gasteiger partial charge < -0.3 is 10.2 Å². The second-order valence-electron chi connectivity index (χ2n) is 6.26. The fourth-order valence-corrected chi connectivity index (χ4v) is 3.26. The van der Waals surface area contributed by atoms with Gasteiger partial charge in [0.25, 0.3) is 0 Å². The smallest absolute Gasteiger partial charge is 0.0423 e. The molecule has 0 saturated heterocycles. The van der Waals surface area contributed by atoms with E-state index in [0.717, 1.165) is 25.0 Å². The first kappa shape index (κ1) is 14.4. The van der Waals surface area contributed by atoms with Gasteiger partial charge in [-0.1, -0.05) is 28.4 Å². The Hall–Kier alpha value is -0.540. The topological polar surface area (TPSA) is 15.3 Å². The van der Waals surface area contributed by atoms with E-state index in [-0.39, 0.29) is 0 Å². The summed E-state index contributed by atoms with van der Waals surface area (Å²) in [4.78, 5) is 2.57. The number of halogens is 1. The van der Waals surface area contributed by atoms with E-state index in [2.05, 4.69) is 51.3 Å². The Balaban J connectivity index is 1.73. The molecule has 2 fully saturated rings. The van der Waals surface area contributed by atoms with Crippen molar-refractivity contribution in [1.29, 1.82) is 0 Å². The van der Waals surface area contributed by atoms with E-state index in [0.29, 0.717) is 0 Å². The van der Waals surface area contributed by atoms with Crippen molar-refractivity contribution in [3.05, 3.63) is 28.2 Å². The van der Waals surface area contributed by atoms with E-state index >= 15 is 0 Å². The molecule has 1 aromatic carbocycles. The third-order valence-corrected chi connectivity index (χ3v) is 5.12. The molecule has 1 aromatic rings. The summed E-state index contributed by atoms with van der Waals surface area (Å²) in [6.45, 7) is 5.61. The van der Waals surface area contributed by atoms with Gasteiger partial charge in [-0.15, -0.1) is 0 Å². The van der Waals surface area contributed by atoms with E-state index in [1.165, 1.54) is 54.4 Å². The summed E-state index contributed by atoms with van der Waals surface area (Å²) in [6, 6.07) is 7.52. The van der Waals surface area contributed by atoms with E-state index in [1.54, 1.807) is 0 Å². The molecule has 20 heavy (non-hydrogen) atoms. The molecule has 2 aliphatic carbocycles. The number of rotatable bonds is 7. The third-order valence-electron chi connectivity index (χ3n) is 4.63. The number of nitrogens with one attached hydrogen (secondary N) is 1. The molecule has 2 saturated carbocycles. The molecule has 0 bridgehead atoms. The zero-order valence-electron chi connectivity index (χ0n) is 12.4. The van der Waals surface area contributed by atoms with Crippen LogP contribution in [0.25, 0.3) is 0 Å². The summed E-state index contributed by atoms with van der Waals surface area (Å²) in [7, 11) is 0. The van der Waals surface area contributed by atoms with Gasteiger partial charge in [-0.3, -0.25) is 0 Å². The van der Waals surface area contributed by atoms with Crippen LogP contribution in [0.1, 0.15) is 44.6 Å². The lowest BCUT2D eigenvalue weighted by atomic mass is 9.85. The van der Waals surface area contributed by atoms with Gasteiger partial charge in [0.05, 0.1) is 0 Å². The van der Waals surface area contributed by atoms with Gasteiger partial charge in [0.15, 0.2) is 0 Å². The lowest BCUT2D eigenvalue weighted by molar-refractivity contribution is 0.318. The summed E-state index contributed by atoms with van der Waals surface area (Å²) in [5.41, 5.74) is 2.86. The number of nitrogens with zero attached hydrogens (tertiary/aromatic N) is 1. The van der Waals surface area contributed by atoms with Crippen LogP contribution in [0.5, 0.6) is 0 Å². The molecule has 0 unspecified atom stereocenters. The van der Waals surface area contributed by atoms with Crippen molar-refractivity contribution in [2.45, 2.75) is 51.6 Å². The number of benzene rings is 1. The van der Waals surface area contributed by atoms with E-state index in [1.807, 2.05) is 0 Å². The lowest BCUT2D eigenvalue weighted by Crippen LogP contribution is -2.33. The van der Waals surface area contributed by atoms with Gasteiger partial charge in [0, 0.05) is 35.8 Å². The van der Waals surface area contributed by atoms with Crippen LogP contribution in [-0.2, 0) is 6.54 Å². The largest absolute Gasteiger partial charge is 0.371 e. The Bertz CT molecular complexity index is 452. The molecule has 1 N–H and O–H groups in total. The Labute approximate surface area is 131 Å². The molecule has 110 valence electrons. The number of anilines is 1. The molecule has 0 spiro atoms. The van der Waals surface area contributed by atoms with Crippen molar-refractivity contribution in [1.82, 2.24) is 5.32 Å². The van der Waals surface area contributed by atoms with Gasteiger partial charge in [0.1, 0.15) is 0 Å². The monoisotopic (exact) mass is 336 g/mol. The van der Waals surface area contributed by atoms with Gasteiger partial charge in [-0.05, 0) is 56.2 Å². The van der Waals surface area contributed by atoms with E-state index in [9.17, 15) is 0 Å². The molecule has 2 nitrogen and oxygen atoms in total. The first-order valence-electron chi connectivity index (χ1n) is 8.03. The second-order valence-corrected chi connectivity index (χ2v) is 7.18. The van der Waals surface area contributed by atoms with Crippen LogP contribution in [0.4, 0.5) is 5.69 Å². The minimum Gasteiger partial charge on any atom is -0.371 e. The lowest BCUT2D eigenvalue weighted by Gasteiger charge is -2.34. The van der Waals surface area contributed by atoms with E-state index < -0.39 is 0 Å². The van der Waals surface area contributed by atoms with Crippen LogP contribution in [0.2, 0.25) is 0 Å². The molecular weight excluding hydrogens is 312 g/mol. The Kier molecular flexibility index (Phi) is 4.67. The minimum atomic E-state index is 0.771. The number of hydrogen-bond acceptors (Lipinski definition) is 2. The Morgan fingerprint density at radius 3 is 2.65 bits per heavy atom. The maximum Gasteiger partial charge on any atom is 0.0423 e. The summed E-state index contributed by atoms with van der Waals surface area (Å²) in [5, 5.41) is 3.65. The fourth-order valence-electron chi connectivity index (χ4n) is 2.91. The highest BCUT2D eigenvalue weighted by molar-refractivity contribution is 9.10. The Morgan fingerprint density at radius 1 is 1.25 bits per heavy atom. The van der Waals surface area contributed by atoms with Crippen molar-refractivity contribution >= 4 is 21.6 Å². The van der Waals surface area contributed by atoms with Gasteiger partial charge in [-0.2, -0.15) is 0 Å². The summed E-state index contributed by atoms with van der Waals surface area (Å²) >= 11 is 3.64. The van der Waals surface area contributed by atoms with Crippen molar-refractivity contribution in [3.8, 4) is 0 Å². The third kappa shape index (κ3) is 3.56. The van der Waals surface area contributed by atoms with Crippen LogP contribution in [0, 0.1) is 5.92 Å². The van der Waals surface area contributed by atoms with Crippen molar-refractivity contribution in [2.75, 3.05) is 18.0 Å². The molecule has 3 heteroatoms. The van der Waals surface area contributed by atoms with Crippen LogP contribution in [0.15, 0.2) is 22.7 Å². The van der Waals surface area contributed by atoms with E-state index in [4.69, 9.17) is 0 Å². The quantitative estimate of drug-likeness (QED) is 0.797. The minimum absolute atomic E-state index is 0.771. The van der Waals surface area contributed by atoms with Gasteiger partial charge in [0.2, 0.25) is 0 Å². The molecular formula is C17H25BrN2. The molecule has 2 aliphatic rings. The maximum atomic E-state index is 3.65.